The summed E-state index contributed by atoms with van der Waals surface area (Å²) in [5.74, 6) is 1.91. The molecule has 0 aromatic heterocycles. The van der Waals surface area contributed by atoms with Crippen LogP contribution in [0.2, 0.25) is 0 Å². The van der Waals surface area contributed by atoms with E-state index in [2.05, 4.69) is 27.3 Å². The van der Waals surface area contributed by atoms with E-state index >= 15 is 0 Å². The van der Waals surface area contributed by atoms with Crippen LogP contribution in [0.4, 0.5) is 0 Å². The van der Waals surface area contributed by atoms with Gasteiger partial charge < -0.3 is 10.1 Å². The molecule has 2 nitrogen and oxygen atoms in total. The fraction of sp³-hybridized carbons (Fsp3) is 0.647. The first-order valence-corrected chi connectivity index (χ1v) is 8.54. The van der Waals surface area contributed by atoms with E-state index in [1.54, 1.807) is 7.11 Å². The molecule has 1 unspecified atom stereocenters. The van der Waals surface area contributed by atoms with Gasteiger partial charge >= 0.3 is 0 Å². The molecule has 1 aromatic rings. The lowest BCUT2D eigenvalue weighted by Gasteiger charge is -2.25. The van der Waals surface area contributed by atoms with Crippen molar-refractivity contribution in [2.45, 2.75) is 51.0 Å². The first-order valence-electron chi connectivity index (χ1n) is 7.75. The van der Waals surface area contributed by atoms with Crippen LogP contribution in [0, 0.1) is 5.92 Å². The lowest BCUT2D eigenvalue weighted by Crippen LogP contribution is -2.19. The Balaban J connectivity index is 2.01. The highest BCUT2D eigenvalue weighted by Gasteiger charge is 2.19. The molecule has 0 bridgehead atoms. The summed E-state index contributed by atoms with van der Waals surface area (Å²) in [7, 11) is 3.80. The highest BCUT2D eigenvalue weighted by atomic mass is 79.9. The van der Waals surface area contributed by atoms with Gasteiger partial charge in [0.15, 0.2) is 0 Å². The Kier molecular flexibility index (Phi) is 6.37. The van der Waals surface area contributed by atoms with Crippen LogP contribution >= 0.6 is 15.9 Å². The van der Waals surface area contributed by atoms with Crippen molar-refractivity contribution in [1.29, 1.82) is 0 Å². The van der Waals surface area contributed by atoms with E-state index in [0.717, 1.165) is 16.1 Å². The molecule has 2 rings (SSSR count). The molecule has 0 amide bonds. The summed E-state index contributed by atoms with van der Waals surface area (Å²) in [6, 6.07) is 6.64. The summed E-state index contributed by atoms with van der Waals surface area (Å²) >= 11 is 3.57. The fourth-order valence-corrected chi connectivity index (χ4v) is 3.69. The summed E-state index contributed by atoms with van der Waals surface area (Å²) in [5, 5.41) is 3.46. The van der Waals surface area contributed by atoms with Gasteiger partial charge in [-0.05, 0) is 44.0 Å². The molecule has 1 saturated carbocycles. The molecular formula is C17H26BrNO. The maximum atomic E-state index is 5.51. The Labute approximate surface area is 131 Å². The number of hydrogen-bond acceptors (Lipinski definition) is 2. The van der Waals surface area contributed by atoms with Crippen molar-refractivity contribution in [3.05, 3.63) is 28.2 Å². The normalized spacial score (nSPS) is 17.9. The summed E-state index contributed by atoms with van der Waals surface area (Å²) in [5.41, 5.74) is 1.26. The SMILES string of the molecule is CNC(CCC1CCCCC1)c1cc(Br)ccc1OC. The van der Waals surface area contributed by atoms with E-state index in [4.69, 9.17) is 4.74 Å². The van der Waals surface area contributed by atoms with Crippen molar-refractivity contribution >= 4 is 15.9 Å². The van der Waals surface area contributed by atoms with Gasteiger partial charge in [-0.1, -0.05) is 48.0 Å². The fourth-order valence-electron chi connectivity index (χ4n) is 3.31. The summed E-state index contributed by atoms with van der Waals surface area (Å²) in [6.07, 6.45) is 9.64. The van der Waals surface area contributed by atoms with Crippen LogP contribution in [-0.4, -0.2) is 14.2 Å². The highest BCUT2D eigenvalue weighted by Crippen LogP contribution is 2.34. The largest absolute Gasteiger partial charge is 0.496 e. The molecule has 0 heterocycles. The standard InChI is InChI=1S/C17H26BrNO/c1-19-16(10-8-13-6-4-3-5-7-13)15-12-14(18)9-11-17(15)20-2/h9,11-13,16,19H,3-8,10H2,1-2H3. The van der Waals surface area contributed by atoms with Gasteiger partial charge in [0, 0.05) is 16.1 Å². The number of benzene rings is 1. The average molecular weight is 340 g/mol. The van der Waals surface area contributed by atoms with Gasteiger partial charge in [-0.15, -0.1) is 0 Å². The van der Waals surface area contributed by atoms with Gasteiger partial charge in [0.25, 0.3) is 0 Å². The van der Waals surface area contributed by atoms with Crippen molar-refractivity contribution in [2.24, 2.45) is 5.92 Å². The van der Waals surface area contributed by atoms with E-state index in [1.165, 1.54) is 50.5 Å². The Morgan fingerprint density at radius 3 is 2.70 bits per heavy atom. The maximum absolute atomic E-state index is 5.51. The van der Waals surface area contributed by atoms with E-state index < -0.39 is 0 Å². The second-order valence-corrected chi connectivity index (χ2v) is 6.72. The van der Waals surface area contributed by atoms with Gasteiger partial charge in [0.05, 0.1) is 7.11 Å². The van der Waals surface area contributed by atoms with Crippen molar-refractivity contribution in [3.63, 3.8) is 0 Å². The molecule has 0 spiro atoms. The minimum absolute atomic E-state index is 0.379. The second-order valence-electron chi connectivity index (χ2n) is 5.81. The Morgan fingerprint density at radius 2 is 2.05 bits per heavy atom. The minimum Gasteiger partial charge on any atom is -0.496 e. The van der Waals surface area contributed by atoms with Crippen LogP contribution in [0.15, 0.2) is 22.7 Å². The van der Waals surface area contributed by atoms with Gasteiger partial charge in [-0.2, -0.15) is 0 Å². The molecule has 1 aliphatic rings. The topological polar surface area (TPSA) is 21.3 Å². The van der Waals surface area contributed by atoms with Crippen LogP contribution in [0.25, 0.3) is 0 Å². The van der Waals surface area contributed by atoms with E-state index in [0.29, 0.717) is 6.04 Å². The van der Waals surface area contributed by atoms with Crippen molar-refractivity contribution < 1.29 is 4.74 Å². The lowest BCUT2D eigenvalue weighted by molar-refractivity contribution is 0.314. The second kappa shape index (κ2) is 8.04. The number of methoxy groups -OCH3 is 1. The minimum atomic E-state index is 0.379. The van der Waals surface area contributed by atoms with E-state index in [-0.39, 0.29) is 0 Å². The highest BCUT2D eigenvalue weighted by molar-refractivity contribution is 9.10. The summed E-state index contributed by atoms with van der Waals surface area (Å²) in [6.45, 7) is 0. The molecule has 1 atom stereocenters. The predicted molar refractivity (Wildman–Crippen MR) is 88.3 cm³/mol. The number of rotatable bonds is 6. The first-order chi connectivity index (χ1) is 9.74. The molecule has 1 aliphatic carbocycles. The van der Waals surface area contributed by atoms with Crippen molar-refractivity contribution in [1.82, 2.24) is 5.32 Å². The van der Waals surface area contributed by atoms with Gasteiger partial charge in [-0.25, -0.2) is 0 Å². The van der Waals surface area contributed by atoms with Gasteiger partial charge in [-0.3, -0.25) is 0 Å². The van der Waals surface area contributed by atoms with Crippen LogP contribution in [0.5, 0.6) is 5.75 Å². The Hall–Kier alpha value is -0.540. The maximum Gasteiger partial charge on any atom is 0.123 e. The Bertz CT molecular complexity index is 415. The molecule has 1 aromatic carbocycles. The zero-order chi connectivity index (χ0) is 14.4. The molecule has 0 aliphatic heterocycles. The smallest absolute Gasteiger partial charge is 0.123 e. The molecular weight excluding hydrogens is 314 g/mol. The number of halogens is 1. The third-order valence-electron chi connectivity index (χ3n) is 4.50. The first kappa shape index (κ1) is 15.8. The zero-order valence-corrected chi connectivity index (χ0v) is 14.2. The van der Waals surface area contributed by atoms with Crippen LogP contribution in [-0.2, 0) is 0 Å². The quantitative estimate of drug-likeness (QED) is 0.780. The third-order valence-corrected chi connectivity index (χ3v) is 5.00. The average Bonchev–Trinajstić information content (AvgIpc) is 2.49. The van der Waals surface area contributed by atoms with Crippen molar-refractivity contribution in [2.75, 3.05) is 14.2 Å². The number of hydrogen-bond donors (Lipinski definition) is 1. The Morgan fingerprint density at radius 1 is 1.30 bits per heavy atom. The molecule has 3 heteroatoms. The molecule has 1 fully saturated rings. The molecule has 20 heavy (non-hydrogen) atoms. The van der Waals surface area contributed by atoms with Crippen molar-refractivity contribution in [3.8, 4) is 5.75 Å². The van der Waals surface area contributed by atoms with Crippen LogP contribution in [0.1, 0.15) is 56.6 Å². The summed E-state index contributed by atoms with van der Waals surface area (Å²) in [4.78, 5) is 0. The molecule has 1 N–H and O–H groups in total. The van der Waals surface area contributed by atoms with Gasteiger partial charge in [0.2, 0.25) is 0 Å². The summed E-state index contributed by atoms with van der Waals surface area (Å²) < 4.78 is 6.63. The third kappa shape index (κ3) is 4.23. The van der Waals surface area contributed by atoms with E-state index in [9.17, 15) is 0 Å². The van der Waals surface area contributed by atoms with E-state index in [1.807, 2.05) is 19.2 Å². The monoisotopic (exact) mass is 339 g/mol. The van der Waals surface area contributed by atoms with Crippen LogP contribution < -0.4 is 10.1 Å². The predicted octanol–water partition coefficient (Wildman–Crippen LogP) is 5.08. The zero-order valence-electron chi connectivity index (χ0n) is 12.6. The number of ether oxygens (including phenoxy) is 1. The number of nitrogens with one attached hydrogen (secondary N) is 1. The molecule has 0 saturated heterocycles. The lowest BCUT2D eigenvalue weighted by atomic mass is 9.84. The van der Waals surface area contributed by atoms with Crippen LogP contribution in [0.3, 0.4) is 0 Å². The molecule has 0 radical (unpaired) electrons. The molecule has 112 valence electrons. The van der Waals surface area contributed by atoms with Gasteiger partial charge in [0.1, 0.15) is 5.75 Å².